The van der Waals surface area contributed by atoms with Crippen molar-refractivity contribution in [3.63, 3.8) is 0 Å². The van der Waals surface area contributed by atoms with E-state index >= 15 is 0 Å². The van der Waals surface area contributed by atoms with E-state index in [4.69, 9.17) is 4.74 Å². The summed E-state index contributed by atoms with van der Waals surface area (Å²) in [5.41, 5.74) is 2.30. The van der Waals surface area contributed by atoms with Crippen LogP contribution < -0.4 is 10.1 Å². The lowest BCUT2D eigenvalue weighted by atomic mass is 10.2. The van der Waals surface area contributed by atoms with Crippen molar-refractivity contribution in [1.82, 2.24) is 14.9 Å². The minimum Gasteiger partial charge on any atom is -0.487 e. The second kappa shape index (κ2) is 7.84. The van der Waals surface area contributed by atoms with E-state index < -0.39 is 0 Å². The summed E-state index contributed by atoms with van der Waals surface area (Å²) in [7, 11) is 0. The van der Waals surface area contributed by atoms with Crippen LogP contribution in [0.2, 0.25) is 0 Å². The van der Waals surface area contributed by atoms with E-state index in [2.05, 4.69) is 41.7 Å². The van der Waals surface area contributed by atoms with Gasteiger partial charge in [0.1, 0.15) is 12.4 Å². The lowest BCUT2D eigenvalue weighted by Crippen LogP contribution is -2.22. The van der Waals surface area contributed by atoms with E-state index in [1.807, 2.05) is 30.7 Å². The Bertz CT molecular complexity index is 548. The van der Waals surface area contributed by atoms with Crippen molar-refractivity contribution in [2.45, 2.75) is 52.9 Å². The van der Waals surface area contributed by atoms with Crippen molar-refractivity contribution < 1.29 is 4.74 Å². The molecule has 1 aromatic heterocycles. The molecule has 0 radical (unpaired) electrons. The number of nitrogens with zero attached hydrogens (tertiary/aromatic N) is 2. The van der Waals surface area contributed by atoms with Gasteiger partial charge >= 0.3 is 0 Å². The topological polar surface area (TPSA) is 39.1 Å². The summed E-state index contributed by atoms with van der Waals surface area (Å²) in [6.07, 6.45) is 4.84. The van der Waals surface area contributed by atoms with Gasteiger partial charge in [-0.25, -0.2) is 4.98 Å². The van der Waals surface area contributed by atoms with Gasteiger partial charge in [-0.05, 0) is 12.5 Å². The third-order valence-corrected chi connectivity index (χ3v) is 3.31. The summed E-state index contributed by atoms with van der Waals surface area (Å²) in [4.78, 5) is 4.21. The van der Waals surface area contributed by atoms with Crippen LogP contribution in [0.5, 0.6) is 5.75 Å². The van der Waals surface area contributed by atoms with Gasteiger partial charge in [-0.15, -0.1) is 0 Å². The SMILES string of the molecule is CCCn1cncc1COc1ccccc1CNC(C)C. The summed E-state index contributed by atoms with van der Waals surface area (Å²) >= 11 is 0. The van der Waals surface area contributed by atoms with E-state index in [9.17, 15) is 0 Å². The molecule has 0 saturated carbocycles. The van der Waals surface area contributed by atoms with Crippen LogP contribution in [0, 0.1) is 0 Å². The highest BCUT2D eigenvalue weighted by molar-refractivity contribution is 5.33. The number of hydrogen-bond acceptors (Lipinski definition) is 3. The smallest absolute Gasteiger partial charge is 0.130 e. The summed E-state index contributed by atoms with van der Waals surface area (Å²) < 4.78 is 8.15. The molecular formula is C17H25N3O. The number of benzene rings is 1. The van der Waals surface area contributed by atoms with Gasteiger partial charge in [-0.3, -0.25) is 0 Å². The van der Waals surface area contributed by atoms with Crippen molar-refractivity contribution in [2.24, 2.45) is 0 Å². The predicted molar refractivity (Wildman–Crippen MR) is 85.3 cm³/mol. The maximum absolute atomic E-state index is 6.00. The zero-order valence-electron chi connectivity index (χ0n) is 13.2. The minimum absolute atomic E-state index is 0.462. The number of nitrogens with one attached hydrogen (secondary N) is 1. The normalized spacial score (nSPS) is 11.0. The molecule has 0 aliphatic heterocycles. The molecule has 1 heterocycles. The number of para-hydroxylation sites is 1. The third-order valence-electron chi connectivity index (χ3n) is 3.31. The fourth-order valence-electron chi connectivity index (χ4n) is 2.17. The number of aromatic nitrogens is 2. The van der Waals surface area contributed by atoms with Crippen LogP contribution >= 0.6 is 0 Å². The first kappa shape index (κ1) is 15.6. The largest absolute Gasteiger partial charge is 0.487 e. The molecule has 2 rings (SSSR count). The van der Waals surface area contributed by atoms with Crippen molar-refractivity contribution in [3.05, 3.63) is 48.0 Å². The Morgan fingerprint density at radius 1 is 1.29 bits per heavy atom. The van der Waals surface area contributed by atoms with Crippen LogP contribution in [0.25, 0.3) is 0 Å². The van der Waals surface area contributed by atoms with E-state index in [0.717, 1.165) is 31.0 Å². The lowest BCUT2D eigenvalue weighted by molar-refractivity contribution is 0.290. The van der Waals surface area contributed by atoms with Gasteiger partial charge in [0.05, 0.1) is 18.2 Å². The molecule has 114 valence electrons. The fourth-order valence-corrected chi connectivity index (χ4v) is 2.17. The van der Waals surface area contributed by atoms with Crippen LogP contribution in [-0.4, -0.2) is 15.6 Å². The number of imidazole rings is 1. The molecule has 2 aromatic rings. The van der Waals surface area contributed by atoms with E-state index in [0.29, 0.717) is 12.6 Å². The van der Waals surface area contributed by atoms with Gasteiger partial charge in [0.15, 0.2) is 0 Å². The highest BCUT2D eigenvalue weighted by Crippen LogP contribution is 2.19. The lowest BCUT2D eigenvalue weighted by Gasteiger charge is -2.14. The molecule has 0 atom stereocenters. The van der Waals surface area contributed by atoms with Gasteiger partial charge in [-0.2, -0.15) is 0 Å². The maximum Gasteiger partial charge on any atom is 0.130 e. The number of ether oxygens (including phenoxy) is 1. The summed E-state index contributed by atoms with van der Waals surface area (Å²) in [6.45, 7) is 8.81. The van der Waals surface area contributed by atoms with Crippen LogP contribution in [0.1, 0.15) is 38.4 Å². The van der Waals surface area contributed by atoms with E-state index in [-0.39, 0.29) is 0 Å². The molecule has 21 heavy (non-hydrogen) atoms. The van der Waals surface area contributed by atoms with Gasteiger partial charge in [-0.1, -0.05) is 39.0 Å². The highest BCUT2D eigenvalue weighted by Gasteiger charge is 2.06. The molecule has 4 heteroatoms. The second-order valence-corrected chi connectivity index (χ2v) is 5.51. The number of rotatable bonds is 8. The molecular weight excluding hydrogens is 262 g/mol. The van der Waals surface area contributed by atoms with Gasteiger partial charge in [0.25, 0.3) is 0 Å². The zero-order chi connectivity index (χ0) is 15.1. The van der Waals surface area contributed by atoms with Crippen LogP contribution in [0.4, 0.5) is 0 Å². The number of hydrogen-bond donors (Lipinski definition) is 1. The van der Waals surface area contributed by atoms with Crippen molar-refractivity contribution in [2.75, 3.05) is 0 Å². The predicted octanol–water partition coefficient (Wildman–Crippen LogP) is 3.37. The van der Waals surface area contributed by atoms with Crippen molar-refractivity contribution in [1.29, 1.82) is 0 Å². The molecule has 0 aliphatic carbocycles. The monoisotopic (exact) mass is 287 g/mol. The Morgan fingerprint density at radius 3 is 2.86 bits per heavy atom. The minimum atomic E-state index is 0.462. The average molecular weight is 287 g/mol. The molecule has 0 fully saturated rings. The Balaban J connectivity index is 2.00. The molecule has 0 unspecified atom stereocenters. The van der Waals surface area contributed by atoms with Crippen LogP contribution in [0.3, 0.4) is 0 Å². The Morgan fingerprint density at radius 2 is 2.10 bits per heavy atom. The maximum atomic E-state index is 6.00. The van der Waals surface area contributed by atoms with Gasteiger partial charge in [0.2, 0.25) is 0 Å². The molecule has 0 aliphatic rings. The fraction of sp³-hybridized carbons (Fsp3) is 0.471. The quantitative estimate of drug-likeness (QED) is 0.809. The molecule has 0 saturated heterocycles. The van der Waals surface area contributed by atoms with Crippen molar-refractivity contribution >= 4 is 0 Å². The summed E-state index contributed by atoms with van der Waals surface area (Å²) in [5.74, 6) is 0.940. The van der Waals surface area contributed by atoms with Crippen molar-refractivity contribution in [3.8, 4) is 5.75 Å². The summed E-state index contributed by atoms with van der Waals surface area (Å²) in [6, 6.07) is 8.65. The average Bonchev–Trinajstić information content (AvgIpc) is 2.91. The standard InChI is InChI=1S/C17H25N3O/c1-4-9-20-13-18-11-16(20)12-21-17-8-6-5-7-15(17)10-19-14(2)3/h5-8,11,13-14,19H,4,9-10,12H2,1-3H3. The van der Waals surface area contributed by atoms with E-state index in [1.165, 1.54) is 5.56 Å². The van der Waals surface area contributed by atoms with Crippen LogP contribution in [-0.2, 0) is 19.7 Å². The highest BCUT2D eigenvalue weighted by atomic mass is 16.5. The molecule has 1 aromatic carbocycles. The summed E-state index contributed by atoms with van der Waals surface area (Å²) in [5, 5.41) is 3.43. The van der Waals surface area contributed by atoms with Crippen LogP contribution in [0.15, 0.2) is 36.8 Å². The zero-order valence-corrected chi connectivity index (χ0v) is 13.2. The molecule has 4 nitrogen and oxygen atoms in total. The Labute approximate surface area is 127 Å². The molecule has 0 amide bonds. The first-order valence-electron chi connectivity index (χ1n) is 7.63. The molecule has 0 bridgehead atoms. The third kappa shape index (κ3) is 4.60. The molecule has 1 N–H and O–H groups in total. The Kier molecular flexibility index (Phi) is 5.81. The number of aryl methyl sites for hydroxylation is 1. The first-order chi connectivity index (χ1) is 10.2. The first-order valence-corrected chi connectivity index (χ1v) is 7.63. The second-order valence-electron chi connectivity index (χ2n) is 5.51. The molecule has 0 spiro atoms. The Hall–Kier alpha value is -1.81. The van der Waals surface area contributed by atoms with Gasteiger partial charge < -0.3 is 14.6 Å². The van der Waals surface area contributed by atoms with E-state index in [1.54, 1.807) is 0 Å². The van der Waals surface area contributed by atoms with Gasteiger partial charge in [0, 0.05) is 24.7 Å².